The van der Waals surface area contributed by atoms with Crippen LogP contribution in [0.15, 0.2) is 29.6 Å². The molecular formula is C14H17N3S. The van der Waals surface area contributed by atoms with Crippen LogP contribution in [0.1, 0.15) is 5.56 Å². The number of aromatic nitrogens is 1. The Morgan fingerprint density at radius 2 is 2.00 bits per heavy atom. The van der Waals surface area contributed by atoms with Crippen molar-refractivity contribution in [1.82, 2.24) is 10.3 Å². The quantitative estimate of drug-likeness (QED) is 0.898. The number of aryl methyl sites for hydroxylation is 1. The molecule has 0 amide bonds. The summed E-state index contributed by atoms with van der Waals surface area (Å²) in [6.45, 7) is 6.35. The molecule has 2 aromatic rings. The topological polar surface area (TPSA) is 28.2 Å². The fraction of sp³-hybridized carbons (Fsp3) is 0.357. The molecule has 1 aromatic heterocycles. The number of nitrogens with one attached hydrogen (secondary N) is 1. The van der Waals surface area contributed by atoms with Gasteiger partial charge in [-0.05, 0) is 12.5 Å². The molecule has 2 heterocycles. The van der Waals surface area contributed by atoms with E-state index in [1.165, 1.54) is 11.1 Å². The third kappa shape index (κ3) is 2.26. The van der Waals surface area contributed by atoms with Crippen molar-refractivity contribution in [2.75, 3.05) is 31.1 Å². The summed E-state index contributed by atoms with van der Waals surface area (Å²) in [7, 11) is 0. The number of piperazine rings is 1. The molecule has 1 fully saturated rings. The number of nitrogens with zero attached hydrogens (tertiary/aromatic N) is 2. The molecule has 1 aliphatic heterocycles. The summed E-state index contributed by atoms with van der Waals surface area (Å²) in [6.07, 6.45) is 0. The van der Waals surface area contributed by atoms with Gasteiger partial charge in [-0.2, -0.15) is 0 Å². The predicted molar refractivity (Wildman–Crippen MR) is 77.4 cm³/mol. The van der Waals surface area contributed by atoms with E-state index < -0.39 is 0 Å². The van der Waals surface area contributed by atoms with Crippen molar-refractivity contribution < 1.29 is 0 Å². The fourth-order valence-electron chi connectivity index (χ4n) is 2.24. The van der Waals surface area contributed by atoms with Crippen molar-refractivity contribution in [3.63, 3.8) is 0 Å². The van der Waals surface area contributed by atoms with Crippen LogP contribution in [-0.2, 0) is 0 Å². The maximum atomic E-state index is 4.78. The first-order chi connectivity index (χ1) is 8.84. The summed E-state index contributed by atoms with van der Waals surface area (Å²) in [4.78, 5) is 7.14. The highest BCUT2D eigenvalue weighted by Crippen LogP contribution is 2.29. The van der Waals surface area contributed by atoms with Crippen molar-refractivity contribution in [2.24, 2.45) is 0 Å². The second kappa shape index (κ2) is 5.08. The van der Waals surface area contributed by atoms with Gasteiger partial charge in [0.05, 0.1) is 0 Å². The van der Waals surface area contributed by atoms with Gasteiger partial charge in [0.1, 0.15) is 10.8 Å². The number of rotatable bonds is 2. The van der Waals surface area contributed by atoms with Gasteiger partial charge in [0, 0.05) is 37.1 Å². The Hall–Kier alpha value is -1.39. The largest absolute Gasteiger partial charge is 0.353 e. The van der Waals surface area contributed by atoms with Crippen molar-refractivity contribution in [2.45, 2.75) is 6.92 Å². The lowest BCUT2D eigenvalue weighted by Gasteiger charge is -2.27. The Labute approximate surface area is 111 Å². The van der Waals surface area contributed by atoms with E-state index in [2.05, 4.69) is 46.8 Å². The van der Waals surface area contributed by atoms with Crippen molar-refractivity contribution in [1.29, 1.82) is 0 Å². The van der Waals surface area contributed by atoms with Crippen LogP contribution in [0.4, 0.5) is 5.82 Å². The molecule has 0 radical (unpaired) electrons. The molecular weight excluding hydrogens is 242 g/mol. The van der Waals surface area contributed by atoms with Crippen LogP contribution in [0.2, 0.25) is 0 Å². The Balaban J connectivity index is 1.87. The third-order valence-electron chi connectivity index (χ3n) is 3.31. The minimum atomic E-state index is 1.05. The van der Waals surface area contributed by atoms with E-state index >= 15 is 0 Å². The van der Waals surface area contributed by atoms with Crippen molar-refractivity contribution >= 4 is 17.2 Å². The van der Waals surface area contributed by atoms with Crippen LogP contribution in [0.25, 0.3) is 10.6 Å². The maximum Gasteiger partial charge on any atom is 0.140 e. The molecule has 3 rings (SSSR count). The average molecular weight is 259 g/mol. The molecule has 0 bridgehead atoms. The zero-order chi connectivity index (χ0) is 12.4. The molecule has 1 aliphatic rings. The smallest absolute Gasteiger partial charge is 0.140 e. The molecule has 94 valence electrons. The molecule has 3 nitrogen and oxygen atoms in total. The second-order valence-electron chi connectivity index (χ2n) is 4.56. The van der Waals surface area contributed by atoms with Gasteiger partial charge < -0.3 is 10.2 Å². The van der Waals surface area contributed by atoms with E-state index in [4.69, 9.17) is 4.98 Å². The van der Waals surface area contributed by atoms with Gasteiger partial charge in [-0.15, -0.1) is 11.3 Å². The van der Waals surface area contributed by atoms with Gasteiger partial charge in [0.25, 0.3) is 0 Å². The summed E-state index contributed by atoms with van der Waals surface area (Å²) in [5, 5.41) is 6.67. The summed E-state index contributed by atoms with van der Waals surface area (Å²) in [6, 6.07) is 8.44. The average Bonchev–Trinajstić information content (AvgIpc) is 2.90. The fourth-order valence-corrected chi connectivity index (χ4v) is 3.16. The number of hydrogen-bond donors (Lipinski definition) is 1. The third-order valence-corrected chi connectivity index (χ3v) is 4.17. The van der Waals surface area contributed by atoms with E-state index in [0.29, 0.717) is 0 Å². The minimum absolute atomic E-state index is 1.05. The predicted octanol–water partition coefficient (Wildman–Crippen LogP) is 2.53. The van der Waals surface area contributed by atoms with E-state index in [9.17, 15) is 0 Å². The molecule has 0 spiro atoms. The van der Waals surface area contributed by atoms with Crippen LogP contribution < -0.4 is 10.2 Å². The van der Waals surface area contributed by atoms with E-state index in [1.807, 2.05) is 0 Å². The molecule has 1 aromatic carbocycles. The van der Waals surface area contributed by atoms with Crippen molar-refractivity contribution in [3.05, 3.63) is 35.2 Å². The number of benzene rings is 1. The first kappa shape index (κ1) is 11.7. The van der Waals surface area contributed by atoms with Crippen LogP contribution in [0.3, 0.4) is 0 Å². The monoisotopic (exact) mass is 259 g/mol. The molecule has 0 unspecified atom stereocenters. The Morgan fingerprint density at radius 1 is 1.22 bits per heavy atom. The van der Waals surface area contributed by atoms with Gasteiger partial charge in [0.2, 0.25) is 0 Å². The highest BCUT2D eigenvalue weighted by Gasteiger charge is 2.14. The van der Waals surface area contributed by atoms with Crippen LogP contribution in [0.5, 0.6) is 0 Å². The zero-order valence-corrected chi connectivity index (χ0v) is 11.3. The number of anilines is 1. The minimum Gasteiger partial charge on any atom is -0.353 e. The number of thiazole rings is 1. The SMILES string of the molecule is Cc1ccccc1-c1nc(N2CCNCC2)cs1. The molecule has 4 heteroatoms. The second-order valence-corrected chi connectivity index (χ2v) is 5.42. The Morgan fingerprint density at radius 3 is 2.78 bits per heavy atom. The lowest BCUT2D eigenvalue weighted by atomic mass is 10.1. The molecule has 18 heavy (non-hydrogen) atoms. The molecule has 0 atom stereocenters. The van der Waals surface area contributed by atoms with E-state index in [0.717, 1.165) is 37.0 Å². The number of hydrogen-bond acceptors (Lipinski definition) is 4. The Kier molecular flexibility index (Phi) is 3.30. The van der Waals surface area contributed by atoms with E-state index in [-0.39, 0.29) is 0 Å². The van der Waals surface area contributed by atoms with Crippen LogP contribution in [-0.4, -0.2) is 31.2 Å². The first-order valence-corrected chi connectivity index (χ1v) is 7.20. The van der Waals surface area contributed by atoms with Gasteiger partial charge in [0.15, 0.2) is 0 Å². The first-order valence-electron chi connectivity index (χ1n) is 6.32. The van der Waals surface area contributed by atoms with Gasteiger partial charge in [-0.1, -0.05) is 24.3 Å². The summed E-state index contributed by atoms with van der Waals surface area (Å²) >= 11 is 1.74. The molecule has 0 aliphatic carbocycles. The van der Waals surface area contributed by atoms with Gasteiger partial charge >= 0.3 is 0 Å². The highest BCUT2D eigenvalue weighted by molar-refractivity contribution is 7.13. The molecule has 1 N–H and O–H groups in total. The lowest BCUT2D eigenvalue weighted by molar-refractivity contribution is 0.586. The lowest BCUT2D eigenvalue weighted by Crippen LogP contribution is -2.43. The maximum absolute atomic E-state index is 4.78. The normalized spacial score (nSPS) is 15.9. The summed E-state index contributed by atoms with van der Waals surface area (Å²) in [5.41, 5.74) is 2.54. The Bertz CT molecular complexity index is 529. The van der Waals surface area contributed by atoms with Crippen molar-refractivity contribution in [3.8, 4) is 10.6 Å². The van der Waals surface area contributed by atoms with Gasteiger partial charge in [-0.25, -0.2) is 4.98 Å². The van der Waals surface area contributed by atoms with Crippen LogP contribution in [0, 0.1) is 6.92 Å². The zero-order valence-electron chi connectivity index (χ0n) is 10.5. The molecule has 1 saturated heterocycles. The van der Waals surface area contributed by atoms with E-state index in [1.54, 1.807) is 11.3 Å². The standard InChI is InChI=1S/C14H17N3S/c1-11-4-2-3-5-12(11)14-16-13(10-18-14)17-8-6-15-7-9-17/h2-5,10,15H,6-9H2,1H3. The highest BCUT2D eigenvalue weighted by atomic mass is 32.1. The summed E-state index contributed by atoms with van der Waals surface area (Å²) < 4.78 is 0. The van der Waals surface area contributed by atoms with Crippen LogP contribution >= 0.6 is 11.3 Å². The molecule has 0 saturated carbocycles. The van der Waals surface area contributed by atoms with Gasteiger partial charge in [-0.3, -0.25) is 0 Å². The summed E-state index contributed by atoms with van der Waals surface area (Å²) in [5.74, 6) is 1.12.